The van der Waals surface area contributed by atoms with E-state index in [1.807, 2.05) is 0 Å². The number of hydrogen-bond donors (Lipinski definition) is 4. The molecule has 19 heavy (non-hydrogen) atoms. The van der Waals surface area contributed by atoms with Crippen molar-refractivity contribution in [3.8, 4) is 11.5 Å². The number of pyridine rings is 1. The molecule has 0 bridgehead atoms. The van der Waals surface area contributed by atoms with Gasteiger partial charge in [-0.1, -0.05) is 0 Å². The van der Waals surface area contributed by atoms with E-state index in [1.165, 1.54) is 24.4 Å². The summed E-state index contributed by atoms with van der Waals surface area (Å²) < 4.78 is 0.992. The van der Waals surface area contributed by atoms with Gasteiger partial charge in [0.05, 0.1) is 0 Å². The van der Waals surface area contributed by atoms with Gasteiger partial charge in [-0.15, -0.1) is 12.6 Å². The number of aromatic hydroxyl groups is 2. The molecule has 1 heterocycles. The lowest BCUT2D eigenvalue weighted by atomic mass is 10.2. The lowest BCUT2D eigenvalue weighted by Crippen LogP contribution is -2.32. The van der Waals surface area contributed by atoms with Crippen molar-refractivity contribution in [1.29, 1.82) is 0 Å². The largest absolute Gasteiger partial charge is 0.504 e. The third-order valence-corrected chi connectivity index (χ3v) is 2.64. The zero-order chi connectivity index (χ0) is 14.0. The highest BCUT2D eigenvalue weighted by Crippen LogP contribution is 2.24. The van der Waals surface area contributed by atoms with Crippen LogP contribution < -0.4 is 11.0 Å². The van der Waals surface area contributed by atoms with Crippen molar-refractivity contribution in [1.82, 2.24) is 4.68 Å². The van der Waals surface area contributed by atoms with Gasteiger partial charge in [0.25, 0.3) is 11.5 Å². The number of nitrogens with one attached hydrogen (secondary N) is 1. The minimum absolute atomic E-state index is 0.108. The number of carbonyl (C=O) groups excluding carboxylic acids is 1. The molecule has 3 N–H and O–H groups in total. The number of carbonyl (C=O) groups is 1. The van der Waals surface area contributed by atoms with Crippen LogP contribution >= 0.6 is 12.6 Å². The van der Waals surface area contributed by atoms with Crippen molar-refractivity contribution in [3.63, 3.8) is 0 Å². The minimum atomic E-state index is -0.593. The summed E-state index contributed by atoms with van der Waals surface area (Å²) in [5, 5.41) is 18.4. The van der Waals surface area contributed by atoms with Gasteiger partial charge in [0.2, 0.25) is 0 Å². The summed E-state index contributed by atoms with van der Waals surface area (Å²) in [5.41, 5.74) is 2.01. The molecule has 0 saturated carbocycles. The van der Waals surface area contributed by atoms with E-state index in [2.05, 4.69) is 18.1 Å². The summed E-state index contributed by atoms with van der Waals surface area (Å²) >= 11 is 4.00. The molecule has 1 amide bonds. The average Bonchev–Trinajstić information content (AvgIpc) is 2.36. The summed E-state index contributed by atoms with van der Waals surface area (Å²) in [6, 6.07) is 6.39. The fourth-order valence-electron chi connectivity index (χ4n) is 1.40. The Morgan fingerprint density at radius 3 is 2.53 bits per heavy atom. The van der Waals surface area contributed by atoms with Gasteiger partial charge >= 0.3 is 0 Å². The molecule has 0 fully saturated rings. The molecule has 0 aliphatic heterocycles. The molecule has 0 unspecified atom stereocenters. The average molecular weight is 278 g/mol. The summed E-state index contributed by atoms with van der Waals surface area (Å²) in [6.07, 6.45) is 1.36. The van der Waals surface area contributed by atoms with Gasteiger partial charge in [0, 0.05) is 22.7 Å². The number of rotatable bonds is 2. The molecular weight excluding hydrogens is 268 g/mol. The second kappa shape index (κ2) is 5.07. The van der Waals surface area contributed by atoms with E-state index in [1.54, 1.807) is 6.07 Å². The smallest absolute Gasteiger partial charge is 0.270 e. The number of amides is 1. The van der Waals surface area contributed by atoms with E-state index in [4.69, 9.17) is 5.11 Å². The lowest BCUT2D eigenvalue weighted by molar-refractivity contribution is 0.101. The van der Waals surface area contributed by atoms with Crippen molar-refractivity contribution in [2.75, 3.05) is 5.43 Å². The molecule has 0 spiro atoms. The van der Waals surface area contributed by atoms with E-state index in [0.29, 0.717) is 4.90 Å². The maximum atomic E-state index is 11.8. The monoisotopic (exact) mass is 278 g/mol. The maximum absolute atomic E-state index is 11.8. The highest BCUT2D eigenvalue weighted by Gasteiger charge is 2.09. The SMILES string of the molecule is O=C(Nn1ccc(S)cc1=O)c1ccc(O)c(O)c1. The van der Waals surface area contributed by atoms with Gasteiger partial charge in [0.1, 0.15) is 0 Å². The van der Waals surface area contributed by atoms with Crippen LogP contribution in [0.2, 0.25) is 0 Å². The highest BCUT2D eigenvalue weighted by atomic mass is 32.1. The fraction of sp³-hybridized carbons (Fsp3) is 0. The van der Waals surface area contributed by atoms with Crippen LogP contribution in [0.1, 0.15) is 10.4 Å². The van der Waals surface area contributed by atoms with E-state index >= 15 is 0 Å². The topological polar surface area (TPSA) is 91.6 Å². The Bertz CT molecular complexity index is 696. The molecule has 0 aliphatic carbocycles. The molecule has 1 aromatic heterocycles. The van der Waals surface area contributed by atoms with Crippen LogP contribution in [0.25, 0.3) is 0 Å². The fourth-order valence-corrected chi connectivity index (χ4v) is 1.58. The molecule has 0 aliphatic rings. The second-order valence-corrected chi connectivity index (χ2v) is 4.25. The first-order valence-electron chi connectivity index (χ1n) is 5.22. The van der Waals surface area contributed by atoms with Gasteiger partial charge in [-0.05, 0) is 24.3 Å². The van der Waals surface area contributed by atoms with Crippen LogP contribution in [0.3, 0.4) is 0 Å². The maximum Gasteiger partial charge on any atom is 0.270 e. The van der Waals surface area contributed by atoms with Gasteiger partial charge in [-0.3, -0.25) is 15.0 Å². The number of phenols is 2. The Morgan fingerprint density at radius 1 is 1.16 bits per heavy atom. The van der Waals surface area contributed by atoms with Crippen molar-refractivity contribution in [3.05, 3.63) is 52.4 Å². The number of hydrogen-bond acceptors (Lipinski definition) is 5. The molecular formula is C12H10N2O4S. The molecule has 0 radical (unpaired) electrons. The van der Waals surface area contributed by atoms with Gasteiger partial charge < -0.3 is 10.2 Å². The Balaban J connectivity index is 2.25. The first-order chi connectivity index (χ1) is 8.97. The van der Waals surface area contributed by atoms with Crippen molar-refractivity contribution in [2.45, 2.75) is 4.90 Å². The molecule has 1 aromatic carbocycles. The molecule has 2 aromatic rings. The quantitative estimate of drug-likeness (QED) is 0.486. The van der Waals surface area contributed by atoms with Crippen LogP contribution in [-0.2, 0) is 0 Å². The lowest BCUT2D eigenvalue weighted by Gasteiger charge is -2.08. The first-order valence-corrected chi connectivity index (χ1v) is 5.67. The Morgan fingerprint density at radius 2 is 1.89 bits per heavy atom. The second-order valence-electron chi connectivity index (χ2n) is 3.74. The molecule has 2 rings (SSSR count). The highest BCUT2D eigenvalue weighted by molar-refractivity contribution is 7.80. The Kier molecular flexibility index (Phi) is 3.48. The normalized spacial score (nSPS) is 10.2. The van der Waals surface area contributed by atoms with E-state index in [-0.39, 0.29) is 11.3 Å². The van der Waals surface area contributed by atoms with Gasteiger partial charge in [0.15, 0.2) is 11.5 Å². The summed E-state index contributed by atoms with van der Waals surface area (Å²) in [6.45, 7) is 0. The van der Waals surface area contributed by atoms with Crippen molar-refractivity contribution in [2.24, 2.45) is 0 Å². The van der Waals surface area contributed by atoms with Crippen molar-refractivity contribution < 1.29 is 15.0 Å². The van der Waals surface area contributed by atoms with E-state index < -0.39 is 17.2 Å². The predicted molar refractivity (Wildman–Crippen MR) is 71.4 cm³/mol. The molecule has 0 atom stereocenters. The van der Waals surface area contributed by atoms with Crippen LogP contribution in [0.15, 0.2) is 46.2 Å². The van der Waals surface area contributed by atoms with Crippen LogP contribution in [0.5, 0.6) is 11.5 Å². The first kappa shape index (κ1) is 13.0. The summed E-state index contributed by atoms with van der Waals surface area (Å²) in [5.74, 6) is -1.33. The Hall–Kier alpha value is -2.41. The van der Waals surface area contributed by atoms with Gasteiger partial charge in [-0.25, -0.2) is 4.68 Å². The number of phenolic OH excluding ortho intramolecular Hbond substituents is 2. The van der Waals surface area contributed by atoms with Crippen LogP contribution in [-0.4, -0.2) is 20.8 Å². The third-order valence-electron chi connectivity index (χ3n) is 2.36. The van der Waals surface area contributed by atoms with E-state index in [9.17, 15) is 14.7 Å². The van der Waals surface area contributed by atoms with Crippen molar-refractivity contribution >= 4 is 18.5 Å². The number of nitrogens with zero attached hydrogens (tertiary/aromatic N) is 1. The predicted octanol–water partition coefficient (Wildman–Crippen LogP) is 0.932. The zero-order valence-electron chi connectivity index (χ0n) is 9.57. The number of aromatic nitrogens is 1. The van der Waals surface area contributed by atoms with E-state index in [0.717, 1.165) is 10.7 Å². The summed E-state index contributed by atoms with van der Waals surface area (Å²) in [4.78, 5) is 23.9. The van der Waals surface area contributed by atoms with Crippen LogP contribution in [0, 0.1) is 0 Å². The van der Waals surface area contributed by atoms with Crippen LogP contribution in [0.4, 0.5) is 0 Å². The Labute approximate surface area is 113 Å². The number of benzene rings is 1. The molecule has 7 heteroatoms. The standard InChI is InChI=1S/C12H10N2O4S/c15-9-2-1-7(5-10(9)16)12(18)13-14-4-3-8(19)6-11(14)17/h1-6,15-16,19H,(H,13,18). The summed E-state index contributed by atoms with van der Waals surface area (Å²) in [7, 11) is 0. The molecule has 6 nitrogen and oxygen atoms in total. The minimum Gasteiger partial charge on any atom is -0.504 e. The third kappa shape index (κ3) is 2.89. The zero-order valence-corrected chi connectivity index (χ0v) is 10.5. The van der Waals surface area contributed by atoms with Gasteiger partial charge in [-0.2, -0.15) is 0 Å². The molecule has 98 valence electrons. The molecule has 0 saturated heterocycles. The number of thiol groups is 1.